The molecule has 0 spiro atoms. The number of aryl methyl sites for hydroxylation is 1. The molecule has 2 aromatic carbocycles. The van der Waals surface area contributed by atoms with Crippen molar-refractivity contribution < 1.29 is 17.5 Å². The van der Waals surface area contributed by atoms with Crippen LogP contribution >= 0.6 is 0 Å². The number of ether oxygens (including phenoxy) is 1. The number of fused-ring (bicyclic) bond motifs is 1. The van der Waals surface area contributed by atoms with E-state index in [0.717, 1.165) is 35.6 Å². The third kappa shape index (κ3) is 5.45. The highest BCUT2D eigenvalue weighted by atomic mass is 32.2. The number of halogens is 1. The van der Waals surface area contributed by atoms with Crippen molar-refractivity contribution in [1.29, 1.82) is 0 Å². The fraction of sp³-hybridized carbons (Fsp3) is 0.367. The van der Waals surface area contributed by atoms with Crippen LogP contribution in [0.25, 0.3) is 22.0 Å². The monoisotopic (exact) mass is 561 g/mol. The van der Waals surface area contributed by atoms with Gasteiger partial charge in [0.25, 0.3) is 0 Å². The van der Waals surface area contributed by atoms with Crippen molar-refractivity contribution in [3.05, 3.63) is 66.5 Å². The Kier molecular flexibility index (Phi) is 7.27. The Morgan fingerprint density at radius 1 is 0.950 bits per heavy atom. The summed E-state index contributed by atoms with van der Waals surface area (Å²) in [4.78, 5) is 13.6. The van der Waals surface area contributed by atoms with E-state index < -0.39 is 16.2 Å². The van der Waals surface area contributed by atoms with Gasteiger partial charge in [0.2, 0.25) is 21.9 Å². The lowest BCUT2D eigenvalue weighted by atomic mass is 9.94. The number of alkyl halides is 1. The Morgan fingerprint density at radius 3 is 2.52 bits per heavy atom. The molecule has 2 unspecified atom stereocenters. The summed E-state index contributed by atoms with van der Waals surface area (Å²) in [5.41, 5.74) is 2.61. The van der Waals surface area contributed by atoms with E-state index in [2.05, 4.69) is 20.0 Å². The van der Waals surface area contributed by atoms with E-state index in [0.29, 0.717) is 60.2 Å². The standard InChI is InChI=1S/C30H32FN5O3S/c1-19-17-27(36-40(37,38)22-9-5-10-22)23-11-2-3-12-24(23)28(19)39-29-25(13-6-15-32-29)26-14-16-33-30(35-26)34-21-8-4-7-20(31)18-21/h2-3,6,11-17,20-22,36H,4-5,7-10,18H2,1H3,(H,33,34,35). The summed E-state index contributed by atoms with van der Waals surface area (Å²) in [5.74, 6) is 1.39. The second-order valence-electron chi connectivity index (χ2n) is 10.6. The maximum atomic E-state index is 13.9. The van der Waals surface area contributed by atoms with Gasteiger partial charge in [0.15, 0.2) is 0 Å². The molecule has 0 radical (unpaired) electrons. The molecule has 8 nitrogen and oxygen atoms in total. The summed E-state index contributed by atoms with van der Waals surface area (Å²) in [6.07, 6.45) is 7.62. The summed E-state index contributed by atoms with van der Waals surface area (Å²) in [6, 6.07) is 14.9. The fourth-order valence-corrected chi connectivity index (χ4v) is 7.01. The van der Waals surface area contributed by atoms with E-state index in [9.17, 15) is 12.8 Å². The minimum absolute atomic E-state index is 0.00198. The molecule has 0 saturated heterocycles. The van der Waals surface area contributed by atoms with Crippen LogP contribution in [0.3, 0.4) is 0 Å². The Labute approximate surface area is 233 Å². The third-order valence-corrected chi connectivity index (χ3v) is 9.62. The van der Waals surface area contributed by atoms with Crippen molar-refractivity contribution >= 4 is 32.4 Å². The van der Waals surface area contributed by atoms with E-state index in [-0.39, 0.29) is 11.3 Å². The molecular formula is C30H32FN5O3S. The van der Waals surface area contributed by atoms with Gasteiger partial charge in [0, 0.05) is 29.2 Å². The molecule has 2 saturated carbocycles. The molecule has 0 aliphatic heterocycles. The van der Waals surface area contributed by atoms with Crippen LogP contribution in [0.5, 0.6) is 11.6 Å². The van der Waals surface area contributed by atoms with E-state index in [1.165, 1.54) is 0 Å². The van der Waals surface area contributed by atoms with Crippen molar-refractivity contribution in [1.82, 2.24) is 15.0 Å². The molecule has 0 amide bonds. The lowest BCUT2D eigenvalue weighted by Gasteiger charge is -2.26. The maximum Gasteiger partial charge on any atom is 0.235 e. The van der Waals surface area contributed by atoms with Gasteiger partial charge in [0.1, 0.15) is 11.9 Å². The van der Waals surface area contributed by atoms with E-state index in [1.54, 1.807) is 18.5 Å². The number of benzene rings is 2. The molecule has 10 heteroatoms. The number of hydrogen-bond acceptors (Lipinski definition) is 7. The zero-order valence-corrected chi connectivity index (χ0v) is 23.1. The van der Waals surface area contributed by atoms with Crippen molar-refractivity contribution in [2.75, 3.05) is 10.0 Å². The lowest BCUT2D eigenvalue weighted by Crippen LogP contribution is -2.33. The third-order valence-electron chi connectivity index (χ3n) is 7.77. The SMILES string of the molecule is Cc1cc(NS(=O)(=O)C2CCC2)c2ccccc2c1Oc1ncccc1-c1ccnc(NC2CCCC(F)C2)n1. The van der Waals surface area contributed by atoms with E-state index in [4.69, 9.17) is 9.72 Å². The molecule has 208 valence electrons. The normalized spacial score (nSPS) is 19.6. The van der Waals surface area contributed by atoms with Crippen LogP contribution in [-0.2, 0) is 10.0 Å². The molecule has 2 fully saturated rings. The van der Waals surface area contributed by atoms with E-state index >= 15 is 0 Å². The molecule has 2 aliphatic carbocycles. The van der Waals surface area contributed by atoms with E-state index in [1.807, 2.05) is 49.4 Å². The Hall–Kier alpha value is -3.79. The largest absolute Gasteiger partial charge is 0.437 e. The number of anilines is 2. The molecule has 40 heavy (non-hydrogen) atoms. The molecular weight excluding hydrogens is 529 g/mol. The topological polar surface area (TPSA) is 106 Å². The first-order chi connectivity index (χ1) is 19.4. The maximum absolute atomic E-state index is 13.9. The molecule has 2 heterocycles. The number of rotatable bonds is 8. The summed E-state index contributed by atoms with van der Waals surface area (Å²) in [5, 5.41) is 4.46. The van der Waals surface area contributed by atoms with Crippen LogP contribution in [0.1, 0.15) is 50.5 Å². The van der Waals surface area contributed by atoms with Gasteiger partial charge >= 0.3 is 0 Å². The number of pyridine rings is 1. The molecule has 0 bridgehead atoms. The van der Waals surface area contributed by atoms with Gasteiger partial charge in [-0.2, -0.15) is 0 Å². The first-order valence-corrected chi connectivity index (χ1v) is 15.3. The van der Waals surface area contributed by atoms with Gasteiger partial charge in [-0.05, 0) is 75.3 Å². The number of nitrogens with zero attached hydrogens (tertiary/aromatic N) is 3. The molecule has 2 atom stereocenters. The fourth-order valence-electron chi connectivity index (χ4n) is 5.41. The van der Waals surface area contributed by atoms with Crippen molar-refractivity contribution in [2.45, 2.75) is 69.3 Å². The molecule has 2 aliphatic rings. The predicted octanol–water partition coefficient (Wildman–Crippen LogP) is 6.78. The van der Waals surface area contributed by atoms with Crippen LogP contribution in [0.4, 0.5) is 16.0 Å². The first-order valence-electron chi connectivity index (χ1n) is 13.8. The van der Waals surface area contributed by atoms with Crippen LogP contribution in [-0.4, -0.2) is 40.8 Å². The minimum Gasteiger partial charge on any atom is -0.437 e. The number of sulfonamides is 1. The second-order valence-corrected chi connectivity index (χ2v) is 12.6. The molecule has 6 rings (SSSR count). The summed E-state index contributed by atoms with van der Waals surface area (Å²) >= 11 is 0. The average Bonchev–Trinajstić information content (AvgIpc) is 2.90. The van der Waals surface area contributed by atoms with Crippen molar-refractivity contribution in [2.24, 2.45) is 0 Å². The average molecular weight is 562 g/mol. The Morgan fingerprint density at radius 2 is 1.75 bits per heavy atom. The lowest BCUT2D eigenvalue weighted by molar-refractivity contribution is 0.239. The van der Waals surface area contributed by atoms with Crippen LogP contribution in [0.15, 0.2) is 60.9 Å². The highest BCUT2D eigenvalue weighted by Gasteiger charge is 2.32. The highest BCUT2D eigenvalue weighted by molar-refractivity contribution is 7.93. The first kappa shape index (κ1) is 26.4. The smallest absolute Gasteiger partial charge is 0.235 e. The van der Waals surface area contributed by atoms with Gasteiger partial charge in [-0.1, -0.05) is 30.7 Å². The van der Waals surface area contributed by atoms with Gasteiger partial charge in [-0.25, -0.2) is 27.8 Å². The zero-order chi connectivity index (χ0) is 27.7. The quantitative estimate of drug-likeness (QED) is 0.244. The van der Waals surface area contributed by atoms with Crippen molar-refractivity contribution in [3.8, 4) is 22.9 Å². The van der Waals surface area contributed by atoms with Crippen LogP contribution in [0.2, 0.25) is 0 Å². The van der Waals surface area contributed by atoms with Crippen molar-refractivity contribution in [3.63, 3.8) is 0 Å². The number of nitrogens with one attached hydrogen (secondary N) is 2. The molecule has 4 aromatic rings. The van der Waals surface area contributed by atoms with Gasteiger partial charge in [-0.3, -0.25) is 4.72 Å². The Balaban J connectivity index is 1.32. The number of aromatic nitrogens is 3. The van der Waals surface area contributed by atoms with Gasteiger partial charge in [0.05, 0.1) is 22.2 Å². The number of hydrogen-bond donors (Lipinski definition) is 2. The van der Waals surface area contributed by atoms with Gasteiger partial charge in [-0.15, -0.1) is 0 Å². The highest BCUT2D eigenvalue weighted by Crippen LogP contribution is 2.40. The van der Waals surface area contributed by atoms with Gasteiger partial charge < -0.3 is 10.1 Å². The summed E-state index contributed by atoms with van der Waals surface area (Å²) in [6.45, 7) is 1.89. The summed E-state index contributed by atoms with van der Waals surface area (Å²) < 4.78 is 49.0. The van der Waals surface area contributed by atoms with Crippen LogP contribution < -0.4 is 14.8 Å². The Bertz CT molecular complexity index is 1640. The molecule has 2 N–H and O–H groups in total. The van der Waals surface area contributed by atoms with Crippen LogP contribution in [0, 0.1) is 6.92 Å². The second kappa shape index (κ2) is 11.0. The minimum atomic E-state index is -3.46. The molecule has 2 aromatic heterocycles. The predicted molar refractivity (Wildman–Crippen MR) is 155 cm³/mol. The zero-order valence-electron chi connectivity index (χ0n) is 22.3. The summed E-state index contributed by atoms with van der Waals surface area (Å²) in [7, 11) is -3.46.